The fourth-order valence-corrected chi connectivity index (χ4v) is 1.99. The first-order valence-electron chi connectivity index (χ1n) is 5.36. The molecule has 0 aromatic heterocycles. The summed E-state index contributed by atoms with van der Waals surface area (Å²) < 4.78 is 26.0. The van der Waals surface area contributed by atoms with Gasteiger partial charge in [-0.3, -0.25) is 0 Å². The molecular weight excluding hydrogens is 196 g/mol. The van der Waals surface area contributed by atoms with Gasteiger partial charge in [0.25, 0.3) is 0 Å². The van der Waals surface area contributed by atoms with E-state index in [4.69, 9.17) is 0 Å². The molecule has 1 aromatic carbocycles. The Bertz CT molecular complexity index is 323. The quantitative estimate of drug-likeness (QED) is 0.689. The van der Waals surface area contributed by atoms with Gasteiger partial charge in [-0.2, -0.15) is 0 Å². The summed E-state index contributed by atoms with van der Waals surface area (Å²) in [6, 6.07) is 3.72. The van der Waals surface area contributed by atoms with Gasteiger partial charge in [-0.1, -0.05) is 6.92 Å². The summed E-state index contributed by atoms with van der Waals surface area (Å²) >= 11 is 0. The number of halogens is 2. The summed E-state index contributed by atoms with van der Waals surface area (Å²) in [4.78, 5) is 2.05. The van der Waals surface area contributed by atoms with E-state index in [1.807, 2.05) is 4.90 Å². The van der Waals surface area contributed by atoms with Gasteiger partial charge in [0.05, 0.1) is 0 Å². The van der Waals surface area contributed by atoms with Crippen LogP contribution in [0.15, 0.2) is 18.2 Å². The molecule has 0 atom stereocenters. The Morgan fingerprint density at radius 2 is 1.60 bits per heavy atom. The Morgan fingerprint density at radius 3 is 2.13 bits per heavy atom. The van der Waals surface area contributed by atoms with Gasteiger partial charge in [-0.05, 0) is 30.9 Å². The van der Waals surface area contributed by atoms with Crippen molar-refractivity contribution in [3.05, 3.63) is 29.8 Å². The van der Waals surface area contributed by atoms with Crippen LogP contribution in [0.1, 0.15) is 19.8 Å². The molecule has 0 saturated carbocycles. The number of benzene rings is 1. The predicted octanol–water partition coefficient (Wildman–Crippen LogP) is 3.20. The van der Waals surface area contributed by atoms with E-state index >= 15 is 0 Å². The van der Waals surface area contributed by atoms with E-state index < -0.39 is 11.6 Å². The second-order valence-corrected chi connectivity index (χ2v) is 4.30. The van der Waals surface area contributed by atoms with Gasteiger partial charge < -0.3 is 4.90 Å². The average molecular weight is 211 g/mol. The molecule has 1 fully saturated rings. The maximum Gasteiger partial charge on any atom is 0.128 e. The van der Waals surface area contributed by atoms with Gasteiger partial charge in [-0.25, -0.2) is 8.78 Å². The normalized spacial score (nSPS) is 18.2. The minimum atomic E-state index is -0.497. The molecular formula is C12H15F2N. The highest BCUT2D eigenvalue weighted by molar-refractivity contribution is 5.47. The fraction of sp³-hybridized carbons (Fsp3) is 0.500. The molecule has 0 spiro atoms. The highest BCUT2D eigenvalue weighted by atomic mass is 19.1. The van der Waals surface area contributed by atoms with Crippen molar-refractivity contribution >= 4 is 5.69 Å². The number of rotatable bonds is 1. The van der Waals surface area contributed by atoms with Gasteiger partial charge in [0.2, 0.25) is 0 Å². The molecule has 1 aliphatic heterocycles. The minimum absolute atomic E-state index is 0.497. The fourth-order valence-electron chi connectivity index (χ4n) is 1.99. The minimum Gasteiger partial charge on any atom is -0.371 e. The number of piperidine rings is 1. The third-order valence-corrected chi connectivity index (χ3v) is 3.00. The van der Waals surface area contributed by atoms with E-state index in [-0.39, 0.29) is 0 Å². The monoisotopic (exact) mass is 211 g/mol. The van der Waals surface area contributed by atoms with Gasteiger partial charge in [0, 0.05) is 24.8 Å². The maximum atomic E-state index is 13.0. The number of hydrogen-bond acceptors (Lipinski definition) is 1. The standard InChI is InChI=1S/C12H15F2N/c1-9-2-4-15(5-3-9)12-7-10(13)6-11(14)8-12/h6-9H,2-5H2,1H3. The van der Waals surface area contributed by atoms with Crippen molar-refractivity contribution in [1.29, 1.82) is 0 Å². The first kappa shape index (κ1) is 10.4. The third-order valence-electron chi connectivity index (χ3n) is 3.00. The Balaban J connectivity index is 2.15. The molecule has 0 amide bonds. The van der Waals surface area contributed by atoms with Crippen LogP contribution in [0.5, 0.6) is 0 Å². The number of hydrogen-bond donors (Lipinski definition) is 0. The second-order valence-electron chi connectivity index (χ2n) is 4.30. The molecule has 1 heterocycles. The molecule has 0 aliphatic carbocycles. The van der Waals surface area contributed by atoms with E-state index in [2.05, 4.69) is 6.92 Å². The van der Waals surface area contributed by atoms with E-state index in [0.29, 0.717) is 5.69 Å². The van der Waals surface area contributed by atoms with Gasteiger partial charge >= 0.3 is 0 Å². The van der Waals surface area contributed by atoms with Crippen molar-refractivity contribution in [1.82, 2.24) is 0 Å². The lowest BCUT2D eigenvalue weighted by atomic mass is 9.99. The lowest BCUT2D eigenvalue weighted by molar-refractivity contribution is 0.437. The molecule has 2 rings (SSSR count). The Kier molecular flexibility index (Phi) is 2.89. The summed E-state index contributed by atoms with van der Waals surface area (Å²) in [6.07, 6.45) is 2.19. The van der Waals surface area contributed by atoms with Crippen molar-refractivity contribution in [3.8, 4) is 0 Å². The Labute approximate surface area is 88.7 Å². The van der Waals surface area contributed by atoms with Crippen LogP contribution < -0.4 is 4.90 Å². The molecule has 1 nitrogen and oxygen atoms in total. The van der Waals surface area contributed by atoms with E-state index in [1.165, 1.54) is 12.1 Å². The molecule has 82 valence electrons. The zero-order valence-electron chi connectivity index (χ0n) is 8.84. The Hall–Kier alpha value is -1.12. The highest BCUT2D eigenvalue weighted by Crippen LogP contribution is 2.24. The highest BCUT2D eigenvalue weighted by Gasteiger charge is 2.16. The molecule has 3 heteroatoms. The van der Waals surface area contributed by atoms with Crippen molar-refractivity contribution in [2.75, 3.05) is 18.0 Å². The smallest absolute Gasteiger partial charge is 0.128 e. The molecule has 1 saturated heterocycles. The van der Waals surface area contributed by atoms with E-state index in [0.717, 1.165) is 37.9 Å². The van der Waals surface area contributed by atoms with Crippen LogP contribution in [0.4, 0.5) is 14.5 Å². The van der Waals surface area contributed by atoms with Crippen LogP contribution in [0.2, 0.25) is 0 Å². The third kappa shape index (κ3) is 2.46. The largest absolute Gasteiger partial charge is 0.371 e. The number of anilines is 1. The first-order valence-corrected chi connectivity index (χ1v) is 5.36. The van der Waals surface area contributed by atoms with Crippen molar-refractivity contribution in [3.63, 3.8) is 0 Å². The zero-order valence-corrected chi connectivity index (χ0v) is 8.84. The van der Waals surface area contributed by atoms with Crippen LogP contribution >= 0.6 is 0 Å². The lowest BCUT2D eigenvalue weighted by Crippen LogP contribution is -2.32. The van der Waals surface area contributed by atoms with Crippen molar-refractivity contribution in [2.45, 2.75) is 19.8 Å². The SMILES string of the molecule is CC1CCN(c2cc(F)cc(F)c2)CC1. The van der Waals surface area contributed by atoms with Crippen LogP contribution in [-0.4, -0.2) is 13.1 Å². The molecule has 1 aromatic rings. The predicted molar refractivity (Wildman–Crippen MR) is 57.0 cm³/mol. The first-order chi connectivity index (χ1) is 7.15. The molecule has 0 radical (unpaired) electrons. The van der Waals surface area contributed by atoms with Crippen LogP contribution in [0, 0.1) is 17.6 Å². The summed E-state index contributed by atoms with van der Waals surface area (Å²) in [5.74, 6) is -0.271. The topological polar surface area (TPSA) is 3.24 Å². The second kappa shape index (κ2) is 4.17. The van der Waals surface area contributed by atoms with Crippen molar-refractivity contribution in [2.24, 2.45) is 5.92 Å². The van der Waals surface area contributed by atoms with E-state index in [1.54, 1.807) is 0 Å². The summed E-state index contributed by atoms with van der Waals surface area (Å²) in [6.45, 7) is 4.00. The van der Waals surface area contributed by atoms with Gasteiger partial charge in [-0.15, -0.1) is 0 Å². The lowest BCUT2D eigenvalue weighted by Gasteiger charge is -2.32. The molecule has 1 aliphatic rings. The van der Waals surface area contributed by atoms with Crippen LogP contribution in [-0.2, 0) is 0 Å². The van der Waals surface area contributed by atoms with E-state index in [9.17, 15) is 8.78 Å². The summed E-state index contributed by atoms with van der Waals surface area (Å²) in [5, 5.41) is 0. The zero-order chi connectivity index (χ0) is 10.8. The molecule has 0 N–H and O–H groups in total. The maximum absolute atomic E-state index is 13.0. The Morgan fingerprint density at radius 1 is 1.07 bits per heavy atom. The van der Waals surface area contributed by atoms with Crippen molar-refractivity contribution < 1.29 is 8.78 Å². The molecule has 0 bridgehead atoms. The molecule has 0 unspecified atom stereocenters. The summed E-state index contributed by atoms with van der Waals surface area (Å²) in [5.41, 5.74) is 0.666. The van der Waals surface area contributed by atoms with Gasteiger partial charge in [0.15, 0.2) is 0 Å². The molecule has 15 heavy (non-hydrogen) atoms. The van der Waals surface area contributed by atoms with Crippen LogP contribution in [0.25, 0.3) is 0 Å². The van der Waals surface area contributed by atoms with Crippen LogP contribution in [0.3, 0.4) is 0 Å². The summed E-state index contributed by atoms with van der Waals surface area (Å²) in [7, 11) is 0. The average Bonchev–Trinajstić information content (AvgIpc) is 2.17. The number of nitrogens with zero attached hydrogens (tertiary/aromatic N) is 1. The van der Waals surface area contributed by atoms with Gasteiger partial charge in [0.1, 0.15) is 11.6 Å².